The van der Waals surface area contributed by atoms with Crippen LogP contribution in [0.1, 0.15) is 115 Å². The number of hydrogen-bond acceptors (Lipinski definition) is 20. The lowest BCUT2D eigenvalue weighted by molar-refractivity contribution is -0.344. The van der Waals surface area contributed by atoms with Crippen molar-refractivity contribution in [3.8, 4) is 0 Å². The molecule has 5 aromatic carbocycles. The first-order valence-corrected chi connectivity index (χ1v) is 40.4. The van der Waals surface area contributed by atoms with Gasteiger partial charge in [0, 0.05) is 87.3 Å². The number of quaternary nitrogens is 1. The fraction of sp³-hybridized carbons (Fsp3) is 0.417. The number of likely N-dealkylation sites (tertiary alicyclic amines) is 1. The number of anilines is 2. The Morgan fingerprint density at radius 1 is 0.520 bits per heavy atom. The molecule has 674 valence electrons. The molecule has 7 rings (SSSR count). The number of nitrogens with one attached hydrogen (secondary N) is 14. The molecule has 22 N–H and O–H groups in total. The summed E-state index contributed by atoms with van der Waals surface area (Å²) in [6.45, 7) is 11.1. The van der Waals surface area contributed by atoms with Crippen molar-refractivity contribution in [1.82, 2.24) is 73.7 Å². The number of alkyl halides is 3. The lowest BCUT2D eigenvalue weighted by atomic mass is 9.99. The first-order chi connectivity index (χ1) is 59.0. The summed E-state index contributed by atoms with van der Waals surface area (Å²) in [5, 5.41) is 59.0. The van der Waals surface area contributed by atoms with Crippen LogP contribution in [-0.4, -0.2) is 208 Å². The van der Waals surface area contributed by atoms with Crippen molar-refractivity contribution < 1.29 is 106 Å². The molecule has 0 radical (unpaired) electrons. The number of carboxylic acid groups (broad SMARTS) is 1. The van der Waals surface area contributed by atoms with Gasteiger partial charge in [-0.3, -0.25) is 68.3 Å². The number of pyridine rings is 1. The average molecular weight is 1760 g/mol. The van der Waals surface area contributed by atoms with Gasteiger partial charge in [0.2, 0.25) is 65.0 Å². The summed E-state index contributed by atoms with van der Waals surface area (Å²) in [5.41, 5.74) is 16.5. The van der Waals surface area contributed by atoms with E-state index < -0.39 is 181 Å². The summed E-state index contributed by atoms with van der Waals surface area (Å²) in [7, 11) is 0. The maximum Gasteiger partial charge on any atom is 0.430 e. The van der Waals surface area contributed by atoms with Crippen LogP contribution in [-0.2, 0) is 99.2 Å². The summed E-state index contributed by atoms with van der Waals surface area (Å²) in [6.07, 6.45) is -3.52. The monoisotopic (exact) mass is 1760 g/mol. The smallest absolute Gasteiger partial charge is 0.430 e. The van der Waals surface area contributed by atoms with E-state index in [9.17, 15) is 71.0 Å². The SMILES string of the molecule is CC(=O)Nc1ccc(C[C@@H](NC(=O)[C@H](Cc2ccc(NC(=O)C(NC(N)=O)NC(N)=O)cc2)NC(=O)[C@H](CO)NC(=O)[C@@H](Cc2cccnc2)NC(=O)[C@@H](Cc2ccc(Cl)cc2)NC(=O)[C@@H](Cc2ccc3ccccc3c2)NC(C)=O)C(=O)N[C@@H](CC(C)C)C(=O)N[C@@H](CCCCNC(C)C)C(=O)N2CCC[C@H]2C(=O)N[C@H](C)C([NH3+])=O)cc1.O=C([O-])C(F)(F)F. The minimum absolute atomic E-state index is 0.0000496. The van der Waals surface area contributed by atoms with E-state index in [0.717, 1.165) is 10.8 Å². The molecule has 17 amide bonds. The van der Waals surface area contributed by atoms with E-state index in [0.29, 0.717) is 58.8 Å². The van der Waals surface area contributed by atoms with Crippen LogP contribution in [0.15, 0.2) is 140 Å². The van der Waals surface area contributed by atoms with Crippen LogP contribution in [0.4, 0.5) is 34.1 Å². The quantitative estimate of drug-likeness (QED) is 0.0171. The number of nitrogens with two attached hydrogens (primary N) is 2. The second-order valence-corrected chi connectivity index (χ2v) is 30.9. The number of hydrogen-bond donors (Lipinski definition) is 18. The number of aliphatic carboxylic acids is 1. The number of aromatic nitrogens is 1. The topological polar surface area (TPSA) is 581 Å². The van der Waals surface area contributed by atoms with Gasteiger partial charge in [-0.05, 0) is 139 Å². The second-order valence-electron chi connectivity index (χ2n) is 30.5. The number of unbranched alkanes of at least 4 members (excludes halogenated alkanes) is 1. The highest BCUT2D eigenvalue weighted by molar-refractivity contribution is 6.30. The Bertz CT molecular complexity index is 4750. The molecule has 0 saturated carbocycles. The highest BCUT2D eigenvalue weighted by atomic mass is 35.5. The number of halogens is 4. The third kappa shape index (κ3) is 34.6. The number of rotatable bonds is 43. The maximum absolute atomic E-state index is 15.5. The van der Waals surface area contributed by atoms with Gasteiger partial charge in [-0.25, -0.2) is 14.4 Å². The van der Waals surface area contributed by atoms with Crippen LogP contribution >= 0.6 is 11.6 Å². The molecule has 1 aliphatic rings. The largest absolute Gasteiger partial charge is 0.542 e. The van der Waals surface area contributed by atoms with Crippen LogP contribution in [0.3, 0.4) is 0 Å². The third-order valence-corrected chi connectivity index (χ3v) is 19.6. The average Bonchev–Trinajstić information content (AvgIpc) is 1.75. The van der Waals surface area contributed by atoms with E-state index in [-0.39, 0.29) is 74.7 Å². The lowest BCUT2D eigenvalue weighted by Crippen LogP contribution is -2.66. The molecular formula is C84H107ClF3N19O18. The molecule has 1 saturated heterocycles. The van der Waals surface area contributed by atoms with E-state index in [4.69, 9.17) is 33.0 Å². The van der Waals surface area contributed by atoms with Gasteiger partial charge in [0.1, 0.15) is 66.4 Å². The van der Waals surface area contributed by atoms with Gasteiger partial charge < -0.3 is 106 Å². The molecule has 41 heteroatoms. The van der Waals surface area contributed by atoms with Gasteiger partial charge in [-0.1, -0.05) is 124 Å². The summed E-state index contributed by atoms with van der Waals surface area (Å²) >= 11 is 6.27. The number of urea groups is 2. The van der Waals surface area contributed by atoms with Gasteiger partial charge in [0.15, 0.2) is 6.17 Å². The first kappa shape index (κ1) is 101. The molecule has 1 aliphatic heterocycles. The number of carboxylic acids is 1. The zero-order valence-electron chi connectivity index (χ0n) is 69.8. The maximum atomic E-state index is 15.5. The molecule has 0 bridgehead atoms. The first-order valence-electron chi connectivity index (χ1n) is 40.0. The zero-order chi connectivity index (χ0) is 92.4. The second kappa shape index (κ2) is 49.2. The Morgan fingerprint density at radius 3 is 1.42 bits per heavy atom. The van der Waals surface area contributed by atoms with E-state index in [1.807, 2.05) is 66.9 Å². The highest BCUT2D eigenvalue weighted by Gasteiger charge is 2.41. The van der Waals surface area contributed by atoms with Crippen LogP contribution in [0, 0.1) is 5.92 Å². The molecule has 125 heavy (non-hydrogen) atoms. The number of nitrogens with zero attached hydrogens (tertiary/aromatic N) is 2. The van der Waals surface area contributed by atoms with Crippen molar-refractivity contribution in [3.63, 3.8) is 0 Å². The summed E-state index contributed by atoms with van der Waals surface area (Å²) in [5.74, 6) is -13.7. The minimum Gasteiger partial charge on any atom is -0.542 e. The molecule has 2 heterocycles. The van der Waals surface area contributed by atoms with Gasteiger partial charge in [0.25, 0.3) is 5.91 Å². The van der Waals surface area contributed by atoms with Gasteiger partial charge in [0.05, 0.1) is 6.61 Å². The van der Waals surface area contributed by atoms with Crippen molar-refractivity contribution in [2.24, 2.45) is 17.4 Å². The van der Waals surface area contributed by atoms with Crippen molar-refractivity contribution in [2.45, 2.75) is 198 Å². The van der Waals surface area contributed by atoms with Crippen molar-refractivity contribution in [2.75, 3.05) is 30.3 Å². The van der Waals surface area contributed by atoms with Crippen LogP contribution in [0.2, 0.25) is 5.02 Å². The Balaban J connectivity index is 0.00000330. The lowest BCUT2D eigenvalue weighted by Gasteiger charge is -2.31. The van der Waals surface area contributed by atoms with Gasteiger partial charge in [-0.2, -0.15) is 13.2 Å². The fourth-order valence-corrected chi connectivity index (χ4v) is 13.2. The van der Waals surface area contributed by atoms with E-state index >= 15 is 19.2 Å². The van der Waals surface area contributed by atoms with Crippen molar-refractivity contribution in [3.05, 3.63) is 173 Å². The van der Waals surface area contributed by atoms with Crippen LogP contribution in [0.25, 0.3) is 10.8 Å². The number of carbonyl (C=O) groups excluding carboxylic acids is 16. The number of fused-ring (bicyclic) bond motifs is 1. The fourth-order valence-electron chi connectivity index (χ4n) is 13.1. The molecule has 6 aromatic rings. The number of carbonyl (C=O) groups is 16. The molecule has 37 nitrogen and oxygen atoms in total. The van der Waals surface area contributed by atoms with Crippen LogP contribution < -0.4 is 96.7 Å². The summed E-state index contributed by atoms with van der Waals surface area (Å²) in [4.78, 5) is 222. The molecule has 0 aliphatic carbocycles. The number of aliphatic hydroxyl groups is 1. The van der Waals surface area contributed by atoms with Crippen molar-refractivity contribution in [1.29, 1.82) is 0 Å². The molecule has 0 spiro atoms. The van der Waals surface area contributed by atoms with E-state index in [1.165, 1.54) is 62.3 Å². The highest BCUT2D eigenvalue weighted by Crippen LogP contribution is 2.24. The Labute approximate surface area is 723 Å². The Hall–Kier alpha value is -13.2. The summed E-state index contributed by atoms with van der Waals surface area (Å²) in [6, 6.07) is 18.0. The summed E-state index contributed by atoms with van der Waals surface area (Å²) < 4.78 is 31.5. The normalized spacial score (nSPS) is 14.5. The molecule has 1 fully saturated rings. The molecule has 0 unspecified atom stereocenters. The molecule has 1 aromatic heterocycles. The number of aliphatic hydroxyl groups excluding tert-OH is 1. The predicted octanol–water partition coefficient (Wildman–Crippen LogP) is -0.371. The predicted molar refractivity (Wildman–Crippen MR) is 449 cm³/mol. The van der Waals surface area contributed by atoms with Gasteiger partial charge >= 0.3 is 24.1 Å². The van der Waals surface area contributed by atoms with Crippen LogP contribution in [0.5, 0.6) is 0 Å². The van der Waals surface area contributed by atoms with Crippen molar-refractivity contribution >= 4 is 129 Å². The zero-order valence-corrected chi connectivity index (χ0v) is 70.6. The molecular weight excluding hydrogens is 1660 g/mol. The number of amides is 17. The number of primary amides is 2. The Kier molecular flexibility index (Phi) is 39.6. The third-order valence-electron chi connectivity index (χ3n) is 19.4. The van der Waals surface area contributed by atoms with E-state index in [1.54, 1.807) is 74.5 Å². The van der Waals surface area contributed by atoms with E-state index in [2.05, 4.69) is 74.5 Å². The molecule has 10 atom stereocenters. The van der Waals surface area contributed by atoms with Gasteiger partial charge in [-0.15, -0.1) is 0 Å². The number of benzene rings is 5. The minimum atomic E-state index is -5.19. The standard InChI is InChI=1S/C82H106ClN19O16.C2HF3O2/c1-45(2)36-61(71(107)93-60(17-10-11-34-88-46(3)4)80(116)102-35-13-18-68(102)78(114)89-47(5)69(84)106)94-73(109)64(39-51-22-29-58(30-23-51)90-48(6)104)96-75(111)65(40-52-24-31-59(32-25-52)92-79(115)70(100-81(85)117)101-82(86)118)98-77(113)67(44-103)99-76(112)66(42-54-14-12-33-87-43-54)97-74(110)63(38-50-20-27-57(83)28-21-50)95-72(108)62(91-49(7)105)41-53-19-26-55-15-8-9-16-56(55)37-53;3-2(4,5)1(6)7/h8-9,12,14-16,19-33,37,43,45-47,60-68,70,88,103H,10-11,13,17-18,34-36,38-42,44H2,1-7H3,(H2,84,106)(H,89,114)(H,90,104)(H,91,105)(H,92,115)(H,93,107)(H,94,109)(H,95,108)(H,96,111)(H,97,110)(H,98,113)(H,99,112)(H3,85,100,117)(H3,86,101,118);(H,6,7)/t47-,60+,61+,62-,63-,64-,65+,66-,67+,68+;/m1./s1. The Morgan fingerprint density at radius 2 is 0.960 bits per heavy atom.